The number of hydrogen-bond donors (Lipinski definition) is 0. The first kappa shape index (κ1) is 17.4. The number of benzene rings is 1. The van der Waals surface area contributed by atoms with Gasteiger partial charge in [0.1, 0.15) is 6.33 Å². The van der Waals surface area contributed by atoms with Gasteiger partial charge in [0.15, 0.2) is 0 Å². The Morgan fingerprint density at radius 2 is 1.93 bits per heavy atom. The van der Waals surface area contributed by atoms with Crippen LogP contribution in [0.2, 0.25) is 0 Å². The topological polar surface area (TPSA) is 59.3 Å². The standard InChI is InChI=1S/C21H26N6O/c1-25-11-17(24-15-25)12-26-6-8-27(9-7-26)18-4-5-20-19(10-18)21(23-14-22-20)28-13-16-2-3-16/h4-5,10-11,14-16H,2-3,6-9,12-13H2,1H3. The number of nitrogens with zero attached hydrogens (tertiary/aromatic N) is 6. The molecule has 2 aliphatic rings. The van der Waals surface area contributed by atoms with Crippen molar-refractivity contribution in [1.29, 1.82) is 0 Å². The minimum Gasteiger partial charge on any atom is -0.477 e. The smallest absolute Gasteiger partial charge is 0.224 e. The van der Waals surface area contributed by atoms with E-state index in [4.69, 9.17) is 4.74 Å². The Bertz CT molecular complexity index is 958. The highest BCUT2D eigenvalue weighted by atomic mass is 16.5. The highest BCUT2D eigenvalue weighted by molar-refractivity contribution is 5.86. The van der Waals surface area contributed by atoms with E-state index in [1.54, 1.807) is 6.33 Å². The Morgan fingerprint density at radius 1 is 1.07 bits per heavy atom. The number of fused-ring (bicyclic) bond motifs is 1. The van der Waals surface area contributed by atoms with Crippen molar-refractivity contribution in [1.82, 2.24) is 24.4 Å². The van der Waals surface area contributed by atoms with E-state index in [1.165, 1.54) is 18.5 Å². The summed E-state index contributed by atoms with van der Waals surface area (Å²) >= 11 is 0. The van der Waals surface area contributed by atoms with Gasteiger partial charge >= 0.3 is 0 Å². The summed E-state index contributed by atoms with van der Waals surface area (Å²) in [6, 6.07) is 6.43. The molecule has 28 heavy (non-hydrogen) atoms. The zero-order chi connectivity index (χ0) is 18.9. The number of hydrogen-bond acceptors (Lipinski definition) is 6. The van der Waals surface area contributed by atoms with E-state index < -0.39 is 0 Å². The summed E-state index contributed by atoms with van der Waals surface area (Å²) in [4.78, 5) is 18.1. The molecule has 2 aromatic heterocycles. The first-order valence-corrected chi connectivity index (χ1v) is 10.1. The molecule has 1 saturated carbocycles. The quantitative estimate of drug-likeness (QED) is 0.657. The molecule has 1 aliphatic heterocycles. The van der Waals surface area contributed by atoms with Crippen LogP contribution in [0.15, 0.2) is 37.1 Å². The maximum Gasteiger partial charge on any atom is 0.224 e. The van der Waals surface area contributed by atoms with E-state index in [1.807, 2.05) is 17.9 Å². The van der Waals surface area contributed by atoms with Crippen LogP contribution >= 0.6 is 0 Å². The second-order valence-electron chi connectivity index (χ2n) is 7.93. The molecule has 3 aromatic rings. The van der Waals surface area contributed by atoms with Crippen LogP contribution in [0.5, 0.6) is 5.88 Å². The molecule has 0 bridgehead atoms. The molecule has 0 N–H and O–H groups in total. The molecule has 0 atom stereocenters. The van der Waals surface area contributed by atoms with E-state index in [-0.39, 0.29) is 0 Å². The van der Waals surface area contributed by atoms with Crippen LogP contribution in [-0.2, 0) is 13.6 Å². The Kier molecular flexibility index (Phi) is 4.60. The number of rotatable bonds is 6. The lowest BCUT2D eigenvalue weighted by molar-refractivity contribution is 0.247. The molecule has 1 saturated heterocycles. The summed E-state index contributed by atoms with van der Waals surface area (Å²) in [5, 5.41) is 1.01. The molecule has 7 nitrogen and oxygen atoms in total. The molecule has 2 fully saturated rings. The van der Waals surface area contributed by atoms with Gasteiger partial charge in [-0.25, -0.2) is 15.0 Å². The van der Waals surface area contributed by atoms with Gasteiger partial charge in [0, 0.05) is 51.7 Å². The van der Waals surface area contributed by atoms with Gasteiger partial charge in [-0.15, -0.1) is 0 Å². The number of imidazole rings is 1. The maximum absolute atomic E-state index is 5.98. The first-order chi connectivity index (χ1) is 13.7. The fourth-order valence-electron chi connectivity index (χ4n) is 3.76. The van der Waals surface area contributed by atoms with Crippen molar-refractivity contribution in [2.75, 3.05) is 37.7 Å². The minimum atomic E-state index is 0.709. The summed E-state index contributed by atoms with van der Waals surface area (Å²) in [7, 11) is 2.01. The molecule has 0 amide bonds. The fourth-order valence-corrected chi connectivity index (χ4v) is 3.76. The predicted molar refractivity (Wildman–Crippen MR) is 108 cm³/mol. The van der Waals surface area contributed by atoms with Gasteiger partial charge in [0.25, 0.3) is 0 Å². The molecule has 5 rings (SSSR count). The van der Waals surface area contributed by atoms with Crippen molar-refractivity contribution >= 4 is 16.6 Å². The van der Waals surface area contributed by atoms with Crippen molar-refractivity contribution in [3.8, 4) is 5.88 Å². The SMILES string of the molecule is Cn1cnc(CN2CCN(c3ccc4ncnc(OCC5CC5)c4c3)CC2)c1. The largest absolute Gasteiger partial charge is 0.477 e. The third-order valence-electron chi connectivity index (χ3n) is 5.62. The van der Waals surface area contributed by atoms with Gasteiger partial charge in [0.2, 0.25) is 5.88 Å². The van der Waals surface area contributed by atoms with Gasteiger partial charge in [-0.2, -0.15) is 0 Å². The lowest BCUT2D eigenvalue weighted by Crippen LogP contribution is -2.46. The van der Waals surface area contributed by atoms with Crippen molar-refractivity contribution in [2.45, 2.75) is 19.4 Å². The monoisotopic (exact) mass is 378 g/mol. The molecule has 0 unspecified atom stereocenters. The average molecular weight is 378 g/mol. The zero-order valence-electron chi connectivity index (χ0n) is 16.3. The molecule has 1 aromatic carbocycles. The van der Waals surface area contributed by atoms with E-state index in [9.17, 15) is 0 Å². The molecule has 1 aliphatic carbocycles. The molecule has 7 heteroatoms. The Labute approximate surface area is 165 Å². The van der Waals surface area contributed by atoms with Crippen molar-refractivity contribution in [3.05, 3.63) is 42.7 Å². The van der Waals surface area contributed by atoms with Gasteiger partial charge in [-0.3, -0.25) is 4.90 Å². The minimum absolute atomic E-state index is 0.709. The van der Waals surface area contributed by atoms with Crippen molar-refractivity contribution < 1.29 is 4.74 Å². The van der Waals surface area contributed by atoms with E-state index >= 15 is 0 Å². The number of anilines is 1. The molecule has 3 heterocycles. The van der Waals surface area contributed by atoms with Crippen molar-refractivity contribution in [3.63, 3.8) is 0 Å². The first-order valence-electron chi connectivity index (χ1n) is 10.1. The third-order valence-corrected chi connectivity index (χ3v) is 5.62. The van der Waals surface area contributed by atoms with Crippen LogP contribution in [0.1, 0.15) is 18.5 Å². The average Bonchev–Trinajstić information content (AvgIpc) is 3.47. The molecular weight excluding hydrogens is 352 g/mol. The van der Waals surface area contributed by atoms with Gasteiger partial charge in [-0.05, 0) is 37.0 Å². The molecule has 0 radical (unpaired) electrons. The molecule has 146 valence electrons. The van der Waals surface area contributed by atoms with Crippen molar-refractivity contribution in [2.24, 2.45) is 13.0 Å². The normalized spacial score (nSPS) is 18.0. The Balaban J connectivity index is 1.27. The number of aryl methyl sites for hydroxylation is 1. The molecule has 0 spiro atoms. The Morgan fingerprint density at radius 3 is 2.68 bits per heavy atom. The van der Waals surface area contributed by atoms with E-state index in [0.29, 0.717) is 11.8 Å². The van der Waals surface area contributed by atoms with Gasteiger partial charge in [-0.1, -0.05) is 0 Å². The van der Waals surface area contributed by atoms with Crippen LogP contribution in [0.4, 0.5) is 5.69 Å². The fraction of sp³-hybridized carbons (Fsp3) is 0.476. The zero-order valence-corrected chi connectivity index (χ0v) is 16.3. The predicted octanol–water partition coefficient (Wildman–Crippen LogP) is 2.47. The lowest BCUT2D eigenvalue weighted by atomic mass is 10.2. The summed E-state index contributed by atoms with van der Waals surface area (Å²) in [6.45, 7) is 5.76. The maximum atomic E-state index is 5.98. The van der Waals surface area contributed by atoms with Crippen LogP contribution in [0.25, 0.3) is 10.9 Å². The number of piperazine rings is 1. The van der Waals surface area contributed by atoms with E-state index in [0.717, 1.165) is 55.9 Å². The Hall–Kier alpha value is -2.67. The lowest BCUT2D eigenvalue weighted by Gasteiger charge is -2.35. The van der Waals surface area contributed by atoms with Gasteiger partial charge < -0.3 is 14.2 Å². The highest BCUT2D eigenvalue weighted by Crippen LogP contribution is 2.32. The number of ether oxygens (including phenoxy) is 1. The third kappa shape index (κ3) is 3.80. The van der Waals surface area contributed by atoms with Crippen LogP contribution < -0.4 is 9.64 Å². The summed E-state index contributed by atoms with van der Waals surface area (Å²) < 4.78 is 7.99. The second-order valence-corrected chi connectivity index (χ2v) is 7.93. The number of aromatic nitrogens is 4. The van der Waals surface area contributed by atoms with Crippen LogP contribution in [0, 0.1) is 5.92 Å². The van der Waals surface area contributed by atoms with Crippen LogP contribution in [-0.4, -0.2) is 57.2 Å². The summed E-state index contributed by atoms with van der Waals surface area (Å²) in [5.41, 5.74) is 3.30. The highest BCUT2D eigenvalue weighted by Gasteiger charge is 2.23. The van der Waals surface area contributed by atoms with Gasteiger partial charge in [0.05, 0.1) is 29.5 Å². The summed E-state index contributed by atoms with van der Waals surface area (Å²) in [6.07, 6.45) is 8.11. The van der Waals surface area contributed by atoms with Crippen LogP contribution in [0.3, 0.4) is 0 Å². The van der Waals surface area contributed by atoms with E-state index in [2.05, 4.69) is 49.1 Å². The summed E-state index contributed by atoms with van der Waals surface area (Å²) in [5.74, 6) is 1.42. The second kappa shape index (κ2) is 7.39. The molecular formula is C21H26N6O.